The number of hydrogen-bond acceptors (Lipinski definition) is 3. The van der Waals surface area contributed by atoms with E-state index in [1.54, 1.807) is 0 Å². The molecule has 7 heavy (non-hydrogen) atoms. The van der Waals surface area contributed by atoms with Gasteiger partial charge in [0.05, 0.1) is 13.5 Å². The smallest absolute Gasteiger partial charge is 0.310 e. The van der Waals surface area contributed by atoms with Crippen molar-refractivity contribution < 1.29 is 9.53 Å². The normalized spacial score (nSPS) is 7.57. The molecular formula is C4H5O2S. The third kappa shape index (κ3) is 3.39. The second kappa shape index (κ2) is 3.74. The van der Waals surface area contributed by atoms with Crippen LogP contribution in [0, 0.1) is 0 Å². The Hall–Kier alpha value is -0.440. The lowest BCUT2D eigenvalue weighted by atomic mass is 10.5. The molecule has 0 unspecified atom stereocenters. The molecule has 0 bridgehead atoms. The van der Waals surface area contributed by atoms with Gasteiger partial charge in [-0.3, -0.25) is 4.79 Å². The van der Waals surface area contributed by atoms with Gasteiger partial charge in [-0.2, -0.15) is 0 Å². The first-order chi connectivity index (χ1) is 3.31. The first-order valence-corrected chi connectivity index (χ1v) is 2.14. The first-order valence-electron chi connectivity index (χ1n) is 1.73. The third-order valence-electron chi connectivity index (χ3n) is 0.444. The molecule has 0 aromatic heterocycles. The maximum Gasteiger partial charge on any atom is 0.310 e. The number of hydrogen-bond donors (Lipinski definition) is 0. The Balaban J connectivity index is 3.17. The van der Waals surface area contributed by atoms with Crippen LogP contribution in [0.15, 0.2) is 0 Å². The quantitative estimate of drug-likeness (QED) is 0.387. The summed E-state index contributed by atoms with van der Waals surface area (Å²) in [4.78, 5) is 10.1. The van der Waals surface area contributed by atoms with Gasteiger partial charge in [0.25, 0.3) is 0 Å². The van der Waals surface area contributed by atoms with E-state index in [9.17, 15) is 4.79 Å². The Morgan fingerprint density at radius 2 is 2.57 bits per heavy atom. The van der Waals surface area contributed by atoms with E-state index in [1.165, 1.54) is 7.11 Å². The van der Waals surface area contributed by atoms with Crippen LogP contribution in [0.5, 0.6) is 0 Å². The third-order valence-corrected chi connectivity index (χ3v) is 0.589. The van der Waals surface area contributed by atoms with Crippen LogP contribution in [-0.2, 0) is 9.53 Å². The molecule has 0 spiro atoms. The van der Waals surface area contributed by atoms with Gasteiger partial charge in [-0.1, -0.05) is 12.2 Å². The maximum absolute atomic E-state index is 10.1. The van der Waals surface area contributed by atoms with Crippen LogP contribution < -0.4 is 0 Å². The van der Waals surface area contributed by atoms with Crippen molar-refractivity contribution in [3.8, 4) is 0 Å². The lowest BCUT2D eigenvalue weighted by Crippen LogP contribution is -1.98. The van der Waals surface area contributed by atoms with Gasteiger partial charge in [-0.05, 0) is 0 Å². The predicted octanol–water partition coefficient (Wildman–Crippen LogP) is 0.426. The topological polar surface area (TPSA) is 26.3 Å². The average Bonchev–Trinajstić information content (AvgIpc) is 1.68. The monoisotopic (exact) mass is 117 g/mol. The van der Waals surface area contributed by atoms with Gasteiger partial charge in [0, 0.05) is 5.37 Å². The zero-order valence-electron chi connectivity index (χ0n) is 3.93. The molecule has 0 N–H and O–H groups in total. The van der Waals surface area contributed by atoms with Gasteiger partial charge in [0.2, 0.25) is 0 Å². The zero-order chi connectivity index (χ0) is 5.70. The van der Waals surface area contributed by atoms with Crippen molar-refractivity contribution in [2.45, 2.75) is 6.42 Å². The maximum atomic E-state index is 10.1. The Morgan fingerprint density at radius 3 is 2.71 bits per heavy atom. The van der Waals surface area contributed by atoms with E-state index >= 15 is 0 Å². The standard InChI is InChI=1S/C4H5O2S/c1-6-4(5)2-3-7/h2H2,1H3. The summed E-state index contributed by atoms with van der Waals surface area (Å²) in [6.07, 6.45) is 0.103. The van der Waals surface area contributed by atoms with E-state index in [0.717, 1.165) is 0 Å². The average molecular weight is 117 g/mol. The fraction of sp³-hybridized carbons (Fsp3) is 0.500. The van der Waals surface area contributed by atoms with Crippen molar-refractivity contribution in [2.24, 2.45) is 0 Å². The van der Waals surface area contributed by atoms with Gasteiger partial charge in [-0.15, -0.1) is 0 Å². The Labute approximate surface area is 47.5 Å². The molecule has 1 radical (unpaired) electrons. The minimum Gasteiger partial charge on any atom is -0.469 e. The van der Waals surface area contributed by atoms with Crippen LogP contribution in [0.25, 0.3) is 0 Å². The first kappa shape index (κ1) is 6.56. The van der Waals surface area contributed by atoms with E-state index < -0.39 is 0 Å². The predicted molar refractivity (Wildman–Crippen MR) is 29.2 cm³/mol. The van der Waals surface area contributed by atoms with Crippen molar-refractivity contribution in [2.75, 3.05) is 7.11 Å². The molecule has 0 saturated heterocycles. The van der Waals surface area contributed by atoms with Gasteiger partial charge in [0.1, 0.15) is 0 Å². The van der Waals surface area contributed by atoms with Crippen molar-refractivity contribution >= 4 is 23.6 Å². The lowest BCUT2D eigenvalue weighted by molar-refractivity contribution is -0.139. The summed E-state index contributed by atoms with van der Waals surface area (Å²) in [6.45, 7) is 0. The van der Waals surface area contributed by atoms with Crippen molar-refractivity contribution in [1.29, 1.82) is 0 Å². The minimum absolute atomic E-state index is 0.103. The highest BCUT2D eigenvalue weighted by molar-refractivity contribution is 7.79. The molecule has 0 atom stereocenters. The fourth-order valence-corrected chi connectivity index (χ4v) is 0.249. The highest BCUT2D eigenvalue weighted by atomic mass is 32.1. The minimum atomic E-state index is -0.338. The molecule has 0 amide bonds. The van der Waals surface area contributed by atoms with Gasteiger partial charge in [0.15, 0.2) is 0 Å². The Morgan fingerprint density at radius 1 is 2.00 bits per heavy atom. The molecule has 0 aromatic rings. The summed E-state index contributed by atoms with van der Waals surface area (Å²) in [5.41, 5.74) is 0. The fourth-order valence-electron chi connectivity index (χ4n) is 0.131. The highest BCUT2D eigenvalue weighted by Crippen LogP contribution is 1.76. The van der Waals surface area contributed by atoms with Crippen LogP contribution in [0.2, 0.25) is 0 Å². The number of carbonyl (C=O) groups is 1. The molecule has 0 fully saturated rings. The van der Waals surface area contributed by atoms with Gasteiger partial charge >= 0.3 is 5.97 Å². The molecule has 2 nitrogen and oxygen atoms in total. The summed E-state index contributed by atoms with van der Waals surface area (Å²) in [6, 6.07) is 0. The number of carbonyl (C=O) groups excluding carboxylic acids is 1. The van der Waals surface area contributed by atoms with Crippen LogP contribution >= 0.6 is 12.2 Å². The largest absolute Gasteiger partial charge is 0.469 e. The van der Waals surface area contributed by atoms with Gasteiger partial charge < -0.3 is 4.74 Å². The summed E-state index contributed by atoms with van der Waals surface area (Å²) in [5.74, 6) is -0.338. The molecule has 39 valence electrons. The number of ether oxygens (including phenoxy) is 1. The number of esters is 1. The molecule has 0 heterocycles. The van der Waals surface area contributed by atoms with Crippen LogP contribution in [0.4, 0.5) is 0 Å². The van der Waals surface area contributed by atoms with Crippen LogP contribution in [-0.4, -0.2) is 18.4 Å². The number of thiocarbonyl (C=S) groups is 1. The molecule has 0 aliphatic heterocycles. The number of rotatable bonds is 2. The number of methoxy groups -OCH3 is 1. The summed E-state index contributed by atoms with van der Waals surface area (Å²) in [5, 5.41) is 2.23. The summed E-state index contributed by atoms with van der Waals surface area (Å²) in [7, 11) is 1.31. The van der Waals surface area contributed by atoms with E-state index in [-0.39, 0.29) is 12.4 Å². The molecule has 3 heteroatoms. The summed E-state index contributed by atoms with van der Waals surface area (Å²) < 4.78 is 4.22. The van der Waals surface area contributed by atoms with Crippen molar-refractivity contribution in [3.63, 3.8) is 0 Å². The highest BCUT2D eigenvalue weighted by Gasteiger charge is 1.91. The SMILES string of the molecule is COC(=O)C[C]=S. The molecule has 0 aliphatic carbocycles. The van der Waals surface area contributed by atoms with E-state index in [0.29, 0.717) is 0 Å². The second-order valence-electron chi connectivity index (χ2n) is 0.897. The lowest BCUT2D eigenvalue weighted by Gasteiger charge is -1.87. The molecule has 0 aliphatic rings. The zero-order valence-corrected chi connectivity index (χ0v) is 4.75. The van der Waals surface area contributed by atoms with Crippen molar-refractivity contribution in [1.82, 2.24) is 0 Å². The Kier molecular flexibility index (Phi) is 3.50. The molecule has 0 saturated carbocycles. The van der Waals surface area contributed by atoms with Crippen molar-refractivity contribution in [3.05, 3.63) is 0 Å². The molecule has 0 rings (SSSR count). The molecular weight excluding hydrogens is 112 g/mol. The van der Waals surface area contributed by atoms with E-state index in [4.69, 9.17) is 0 Å². The second-order valence-corrected chi connectivity index (χ2v) is 1.19. The van der Waals surface area contributed by atoms with E-state index in [1.807, 2.05) is 0 Å². The van der Waals surface area contributed by atoms with Crippen LogP contribution in [0.1, 0.15) is 6.42 Å². The van der Waals surface area contributed by atoms with E-state index in [2.05, 4.69) is 22.3 Å². The van der Waals surface area contributed by atoms with Gasteiger partial charge in [-0.25, -0.2) is 0 Å². The van der Waals surface area contributed by atoms with Crippen LogP contribution in [0.3, 0.4) is 0 Å². The summed E-state index contributed by atoms with van der Waals surface area (Å²) >= 11 is 4.24. The molecule has 0 aromatic carbocycles. The Bertz CT molecular complexity index is 79.8.